The van der Waals surface area contributed by atoms with Gasteiger partial charge in [0.15, 0.2) is 0 Å². The Bertz CT molecular complexity index is 2400. The fourth-order valence-electron chi connectivity index (χ4n) is 8.44. The molecular formula is C42H47FN8O8S2. The first-order valence-electron chi connectivity index (χ1n) is 20.5. The largest absolute Gasteiger partial charge is 0.497 e. The Morgan fingerprint density at radius 3 is 2.48 bits per heavy atom. The number of fused-ring (bicyclic) bond motifs is 2. The first kappa shape index (κ1) is 42.0. The fraction of sp³-hybridized carbons (Fsp3) is 0.452. The molecule has 322 valence electrons. The van der Waals surface area contributed by atoms with Gasteiger partial charge in [-0.2, -0.15) is 9.90 Å². The summed E-state index contributed by atoms with van der Waals surface area (Å²) in [5.74, 6) is -3.24. The van der Waals surface area contributed by atoms with Gasteiger partial charge in [0.05, 0.1) is 13.2 Å². The standard InChI is InChI=1S/C42H47FN8O8S2/c1-58-29-19-17-26(18-20-29)35-36(38-44-21-22-60-38)48-51(47-35)28-23-33-37(52)46-42(40(54)49-61(56,57)34-16-10-9-14-31(34)43)24-27(42)11-5-3-2-4-6-15-32(39(53)50(33)25-28)45-41(55)59-30-12-7-8-13-30/h5,9-11,14,16-22,27-28,30,32-33H,2-4,6-8,12-13,15,23-25H2,1H3,(H,45,55)(H,46,52)(H,49,54)/b11-5+/t27-,28-,32-,33+,42-/m1/s1. The predicted octanol–water partition coefficient (Wildman–Crippen LogP) is 5.30. The Morgan fingerprint density at radius 2 is 1.74 bits per heavy atom. The molecule has 8 rings (SSSR count). The molecule has 2 aromatic carbocycles. The van der Waals surface area contributed by atoms with Crippen molar-refractivity contribution in [3.63, 3.8) is 0 Å². The number of hydrogen-bond donors (Lipinski definition) is 3. The minimum absolute atomic E-state index is 0.0105. The molecule has 0 unspecified atom stereocenters. The number of carbonyl (C=O) groups excluding carboxylic acids is 4. The molecule has 4 aliphatic rings. The van der Waals surface area contributed by atoms with E-state index in [-0.39, 0.29) is 31.9 Å². The van der Waals surface area contributed by atoms with E-state index in [2.05, 4.69) is 15.6 Å². The molecule has 61 heavy (non-hydrogen) atoms. The number of thiazole rings is 1. The second-order valence-corrected chi connectivity index (χ2v) is 18.4. The Morgan fingerprint density at radius 1 is 0.984 bits per heavy atom. The molecule has 0 radical (unpaired) electrons. The highest BCUT2D eigenvalue weighted by Crippen LogP contribution is 2.46. The molecule has 2 aliphatic carbocycles. The van der Waals surface area contributed by atoms with Gasteiger partial charge in [-0.05, 0) is 87.8 Å². The van der Waals surface area contributed by atoms with Crippen molar-refractivity contribution in [3.05, 3.63) is 78.1 Å². The number of hydrogen-bond acceptors (Lipinski definition) is 12. The van der Waals surface area contributed by atoms with Crippen molar-refractivity contribution in [2.45, 2.75) is 105 Å². The van der Waals surface area contributed by atoms with Crippen LogP contribution in [0.15, 0.2) is 77.2 Å². The lowest BCUT2D eigenvalue weighted by Crippen LogP contribution is -2.58. The Hall–Kier alpha value is -5.69. The summed E-state index contributed by atoms with van der Waals surface area (Å²) in [5, 5.41) is 17.8. The van der Waals surface area contributed by atoms with E-state index in [1.54, 1.807) is 31.5 Å². The quantitative estimate of drug-likeness (QED) is 0.184. The molecule has 2 aliphatic heterocycles. The molecule has 16 nitrogen and oxygen atoms in total. The number of halogens is 1. The van der Waals surface area contributed by atoms with Gasteiger partial charge in [0.1, 0.15) is 56.6 Å². The van der Waals surface area contributed by atoms with Crippen molar-refractivity contribution in [3.8, 4) is 27.7 Å². The molecule has 5 atom stereocenters. The Balaban J connectivity index is 1.13. The number of nitrogens with zero attached hydrogens (tertiary/aromatic N) is 5. The van der Waals surface area contributed by atoms with Gasteiger partial charge < -0.3 is 25.0 Å². The zero-order valence-electron chi connectivity index (χ0n) is 33.5. The number of ether oxygens (including phenoxy) is 2. The van der Waals surface area contributed by atoms with E-state index in [0.717, 1.165) is 56.2 Å². The second kappa shape index (κ2) is 17.7. The highest BCUT2D eigenvalue weighted by Gasteiger charge is 2.62. The van der Waals surface area contributed by atoms with Gasteiger partial charge in [0.25, 0.3) is 15.9 Å². The highest BCUT2D eigenvalue weighted by atomic mass is 32.2. The molecule has 2 aromatic heterocycles. The third kappa shape index (κ3) is 9.03. The van der Waals surface area contributed by atoms with Crippen LogP contribution in [0.1, 0.15) is 76.7 Å². The molecule has 2 saturated carbocycles. The van der Waals surface area contributed by atoms with Crippen LogP contribution in [0.2, 0.25) is 0 Å². The lowest BCUT2D eigenvalue weighted by atomic mass is 10.0. The van der Waals surface area contributed by atoms with E-state index in [9.17, 15) is 32.0 Å². The zero-order valence-corrected chi connectivity index (χ0v) is 35.1. The van der Waals surface area contributed by atoms with Crippen LogP contribution in [-0.2, 0) is 29.1 Å². The van der Waals surface area contributed by atoms with Crippen molar-refractivity contribution in [1.82, 2.24) is 40.2 Å². The summed E-state index contributed by atoms with van der Waals surface area (Å²) in [6.45, 7) is -0.0367. The van der Waals surface area contributed by atoms with Crippen LogP contribution < -0.4 is 20.1 Å². The maximum absolute atomic E-state index is 14.8. The minimum atomic E-state index is -4.68. The zero-order chi connectivity index (χ0) is 42.7. The SMILES string of the molecule is COc1ccc(-c2nn([C@@H]3C[C@H]4C(=O)N[C@]5(C(=O)NS(=O)(=O)c6ccccc6F)C[C@H]5/C=C/CCCCC[C@@H](NC(=O)OC5CCCC5)C(=O)N4C3)nc2-c2nccs2)cc1. The van der Waals surface area contributed by atoms with E-state index in [0.29, 0.717) is 35.0 Å². The average Bonchev–Trinajstić information content (AvgIpc) is 3.90. The van der Waals surface area contributed by atoms with E-state index >= 15 is 0 Å². The summed E-state index contributed by atoms with van der Waals surface area (Å²) < 4.78 is 54.4. The Labute approximate surface area is 356 Å². The van der Waals surface area contributed by atoms with Crippen LogP contribution in [-0.4, -0.2) is 94.5 Å². The molecule has 4 heterocycles. The van der Waals surface area contributed by atoms with Crippen LogP contribution in [0.3, 0.4) is 0 Å². The van der Waals surface area contributed by atoms with Crippen molar-refractivity contribution in [2.24, 2.45) is 5.92 Å². The molecular weight excluding hydrogens is 828 g/mol. The number of alkyl carbamates (subject to hydrolysis) is 1. The van der Waals surface area contributed by atoms with Crippen LogP contribution in [0, 0.1) is 11.7 Å². The molecule has 3 N–H and O–H groups in total. The van der Waals surface area contributed by atoms with Gasteiger partial charge >= 0.3 is 6.09 Å². The Kier molecular flexibility index (Phi) is 12.2. The number of nitrogens with one attached hydrogen (secondary N) is 3. The van der Waals surface area contributed by atoms with E-state index in [1.165, 1.54) is 33.2 Å². The average molecular weight is 875 g/mol. The summed E-state index contributed by atoms with van der Waals surface area (Å²) in [5.41, 5.74) is 0.0285. The predicted molar refractivity (Wildman–Crippen MR) is 221 cm³/mol. The molecule has 1 saturated heterocycles. The van der Waals surface area contributed by atoms with Crippen LogP contribution in [0.25, 0.3) is 22.0 Å². The van der Waals surface area contributed by atoms with Crippen LogP contribution in [0.5, 0.6) is 5.75 Å². The van der Waals surface area contributed by atoms with Gasteiger partial charge in [-0.1, -0.05) is 37.1 Å². The maximum atomic E-state index is 14.8. The molecule has 0 bridgehead atoms. The van der Waals surface area contributed by atoms with E-state index in [4.69, 9.17) is 19.7 Å². The van der Waals surface area contributed by atoms with Gasteiger partial charge in [0, 0.05) is 36.0 Å². The number of carbonyl (C=O) groups is 4. The number of amides is 4. The fourth-order valence-corrected chi connectivity index (χ4v) is 10.2. The van der Waals surface area contributed by atoms with Crippen molar-refractivity contribution < 1.29 is 41.5 Å². The maximum Gasteiger partial charge on any atom is 0.408 e. The summed E-state index contributed by atoms with van der Waals surface area (Å²) >= 11 is 1.38. The summed E-state index contributed by atoms with van der Waals surface area (Å²) in [6.07, 6.45) is 10.8. The second-order valence-electron chi connectivity index (χ2n) is 15.9. The van der Waals surface area contributed by atoms with Crippen LogP contribution >= 0.6 is 11.3 Å². The van der Waals surface area contributed by atoms with Crippen molar-refractivity contribution >= 4 is 45.2 Å². The third-order valence-electron chi connectivity index (χ3n) is 11.8. The lowest BCUT2D eigenvalue weighted by Gasteiger charge is -2.30. The molecule has 0 spiro atoms. The topological polar surface area (TPSA) is 204 Å². The van der Waals surface area contributed by atoms with Gasteiger partial charge in [-0.15, -0.1) is 16.4 Å². The van der Waals surface area contributed by atoms with Crippen LogP contribution in [0.4, 0.5) is 9.18 Å². The summed E-state index contributed by atoms with van der Waals surface area (Å²) in [7, 11) is -3.11. The molecule has 3 fully saturated rings. The number of rotatable bonds is 9. The third-order valence-corrected chi connectivity index (χ3v) is 14.0. The molecule has 4 aromatic rings. The minimum Gasteiger partial charge on any atom is -0.497 e. The number of aromatic nitrogens is 4. The van der Waals surface area contributed by atoms with Gasteiger partial charge in [0.2, 0.25) is 11.8 Å². The lowest BCUT2D eigenvalue weighted by molar-refractivity contribution is -0.141. The summed E-state index contributed by atoms with van der Waals surface area (Å²) in [4.78, 5) is 63.4. The molecule has 19 heteroatoms. The van der Waals surface area contributed by atoms with E-state index in [1.807, 2.05) is 28.3 Å². The smallest absolute Gasteiger partial charge is 0.408 e. The van der Waals surface area contributed by atoms with Crippen molar-refractivity contribution in [1.29, 1.82) is 0 Å². The number of sulfonamides is 1. The number of methoxy groups -OCH3 is 1. The van der Waals surface area contributed by atoms with Gasteiger partial charge in [-0.25, -0.2) is 27.3 Å². The highest BCUT2D eigenvalue weighted by molar-refractivity contribution is 7.90. The normalized spacial score (nSPS) is 25.3. The van der Waals surface area contributed by atoms with Gasteiger partial charge in [-0.3, -0.25) is 14.4 Å². The number of allylic oxidation sites excluding steroid dienone is 1. The van der Waals surface area contributed by atoms with Crippen molar-refractivity contribution in [2.75, 3.05) is 13.7 Å². The summed E-state index contributed by atoms with van der Waals surface area (Å²) in [6, 6.07) is 9.08. The molecule has 4 amide bonds. The first-order chi connectivity index (χ1) is 29.5. The van der Waals surface area contributed by atoms with E-state index < -0.39 is 74.1 Å². The number of benzene rings is 2. The monoisotopic (exact) mass is 874 g/mol. The first-order valence-corrected chi connectivity index (χ1v) is 22.9.